The molecule has 0 radical (unpaired) electrons. The first-order valence-corrected chi connectivity index (χ1v) is 6.05. The van der Waals surface area contributed by atoms with Crippen molar-refractivity contribution in [1.82, 2.24) is 0 Å². The summed E-state index contributed by atoms with van der Waals surface area (Å²) in [6.07, 6.45) is 1.91. The minimum absolute atomic E-state index is 0.0339. The SMILES string of the molecule is CC#CCCC(N)c1cccc(OC(C)C)c1. The monoisotopic (exact) mass is 231 g/mol. The minimum atomic E-state index is 0.0339. The van der Waals surface area contributed by atoms with Gasteiger partial charge in [0, 0.05) is 12.5 Å². The fourth-order valence-corrected chi connectivity index (χ4v) is 1.61. The highest BCUT2D eigenvalue weighted by molar-refractivity contribution is 5.30. The zero-order valence-electron chi connectivity index (χ0n) is 10.9. The molecule has 0 aliphatic carbocycles. The van der Waals surface area contributed by atoms with E-state index in [-0.39, 0.29) is 12.1 Å². The molecule has 0 fully saturated rings. The highest BCUT2D eigenvalue weighted by Gasteiger charge is 2.06. The molecule has 0 saturated heterocycles. The average molecular weight is 231 g/mol. The molecular weight excluding hydrogens is 210 g/mol. The summed E-state index contributed by atoms with van der Waals surface area (Å²) in [4.78, 5) is 0. The van der Waals surface area contributed by atoms with Crippen LogP contribution in [0, 0.1) is 11.8 Å². The van der Waals surface area contributed by atoms with E-state index >= 15 is 0 Å². The summed E-state index contributed by atoms with van der Waals surface area (Å²) in [6.45, 7) is 5.88. The predicted octanol–water partition coefficient (Wildman–Crippen LogP) is 3.28. The standard InChI is InChI=1S/C15H21NO/c1-4-5-6-10-15(16)13-8-7-9-14(11-13)17-12(2)3/h7-9,11-12,15H,6,10,16H2,1-3H3. The molecule has 0 heterocycles. The lowest BCUT2D eigenvalue weighted by Gasteiger charge is -2.14. The molecule has 1 aromatic carbocycles. The third-order valence-electron chi connectivity index (χ3n) is 2.42. The van der Waals surface area contributed by atoms with Gasteiger partial charge in [0.2, 0.25) is 0 Å². The van der Waals surface area contributed by atoms with Gasteiger partial charge in [-0.05, 0) is 44.9 Å². The highest BCUT2D eigenvalue weighted by atomic mass is 16.5. The Morgan fingerprint density at radius 1 is 1.35 bits per heavy atom. The topological polar surface area (TPSA) is 35.2 Å². The lowest BCUT2D eigenvalue weighted by Crippen LogP contribution is -2.11. The largest absolute Gasteiger partial charge is 0.491 e. The van der Waals surface area contributed by atoms with E-state index in [2.05, 4.69) is 11.8 Å². The Morgan fingerprint density at radius 3 is 2.76 bits per heavy atom. The molecule has 0 aliphatic rings. The average Bonchev–Trinajstić information content (AvgIpc) is 2.28. The second-order valence-electron chi connectivity index (χ2n) is 4.31. The van der Waals surface area contributed by atoms with Crippen molar-refractivity contribution >= 4 is 0 Å². The van der Waals surface area contributed by atoms with Crippen LogP contribution in [0.1, 0.15) is 45.2 Å². The molecule has 17 heavy (non-hydrogen) atoms. The van der Waals surface area contributed by atoms with E-state index in [4.69, 9.17) is 10.5 Å². The van der Waals surface area contributed by atoms with Crippen molar-refractivity contribution < 1.29 is 4.74 Å². The van der Waals surface area contributed by atoms with Gasteiger partial charge < -0.3 is 10.5 Å². The van der Waals surface area contributed by atoms with Crippen LogP contribution in [0.5, 0.6) is 5.75 Å². The Kier molecular flexibility index (Phi) is 5.59. The van der Waals surface area contributed by atoms with Crippen LogP contribution >= 0.6 is 0 Å². The van der Waals surface area contributed by atoms with Crippen LogP contribution in [0.3, 0.4) is 0 Å². The molecule has 0 saturated carbocycles. The Hall–Kier alpha value is -1.46. The zero-order chi connectivity index (χ0) is 12.7. The highest BCUT2D eigenvalue weighted by Crippen LogP contribution is 2.21. The Labute approximate surface area is 104 Å². The second-order valence-corrected chi connectivity index (χ2v) is 4.31. The van der Waals surface area contributed by atoms with Gasteiger partial charge in [0.15, 0.2) is 0 Å². The third-order valence-corrected chi connectivity index (χ3v) is 2.42. The molecule has 0 bridgehead atoms. The van der Waals surface area contributed by atoms with Crippen LogP contribution in [-0.4, -0.2) is 6.10 Å². The summed E-state index contributed by atoms with van der Waals surface area (Å²) < 4.78 is 5.65. The van der Waals surface area contributed by atoms with Crippen molar-refractivity contribution in [2.45, 2.75) is 45.8 Å². The number of benzene rings is 1. The summed E-state index contributed by atoms with van der Waals surface area (Å²) in [6, 6.07) is 8.04. The van der Waals surface area contributed by atoms with Gasteiger partial charge in [0.05, 0.1) is 6.10 Å². The molecule has 2 N–H and O–H groups in total. The van der Waals surface area contributed by atoms with Crippen molar-refractivity contribution in [2.24, 2.45) is 5.73 Å². The molecule has 0 amide bonds. The first kappa shape index (κ1) is 13.6. The Balaban J connectivity index is 2.65. The van der Waals surface area contributed by atoms with Crippen LogP contribution in [0.15, 0.2) is 24.3 Å². The Bertz CT molecular complexity index is 401. The number of hydrogen-bond donors (Lipinski definition) is 1. The van der Waals surface area contributed by atoms with E-state index in [9.17, 15) is 0 Å². The number of hydrogen-bond acceptors (Lipinski definition) is 2. The van der Waals surface area contributed by atoms with Gasteiger partial charge in [0.25, 0.3) is 0 Å². The van der Waals surface area contributed by atoms with Crippen molar-refractivity contribution in [2.75, 3.05) is 0 Å². The maximum Gasteiger partial charge on any atom is 0.120 e. The predicted molar refractivity (Wildman–Crippen MR) is 71.8 cm³/mol. The first-order valence-electron chi connectivity index (χ1n) is 6.05. The van der Waals surface area contributed by atoms with Gasteiger partial charge in [-0.1, -0.05) is 12.1 Å². The van der Waals surface area contributed by atoms with E-state index in [1.54, 1.807) is 0 Å². The molecule has 2 nitrogen and oxygen atoms in total. The third kappa shape index (κ3) is 4.93. The van der Waals surface area contributed by atoms with E-state index < -0.39 is 0 Å². The molecule has 0 spiro atoms. The molecule has 0 aromatic heterocycles. The molecule has 1 unspecified atom stereocenters. The van der Waals surface area contributed by atoms with Crippen molar-refractivity contribution in [3.05, 3.63) is 29.8 Å². The van der Waals surface area contributed by atoms with Gasteiger partial charge in [-0.25, -0.2) is 0 Å². The van der Waals surface area contributed by atoms with Crippen LogP contribution in [0.4, 0.5) is 0 Å². The lowest BCUT2D eigenvalue weighted by atomic mass is 10.0. The number of ether oxygens (including phenoxy) is 1. The molecule has 0 aliphatic heterocycles. The van der Waals surface area contributed by atoms with Gasteiger partial charge in [-0.3, -0.25) is 0 Å². The van der Waals surface area contributed by atoms with Gasteiger partial charge >= 0.3 is 0 Å². The summed E-state index contributed by atoms with van der Waals surface area (Å²) in [5.41, 5.74) is 7.22. The van der Waals surface area contributed by atoms with E-state index in [0.29, 0.717) is 0 Å². The van der Waals surface area contributed by atoms with Crippen LogP contribution in [0.25, 0.3) is 0 Å². The van der Waals surface area contributed by atoms with E-state index in [1.165, 1.54) is 0 Å². The maximum atomic E-state index is 6.11. The lowest BCUT2D eigenvalue weighted by molar-refractivity contribution is 0.242. The summed E-state index contributed by atoms with van der Waals surface area (Å²) in [7, 11) is 0. The normalized spacial score (nSPS) is 11.8. The fraction of sp³-hybridized carbons (Fsp3) is 0.467. The van der Waals surface area contributed by atoms with Gasteiger partial charge in [-0.15, -0.1) is 11.8 Å². The minimum Gasteiger partial charge on any atom is -0.491 e. The molecule has 92 valence electrons. The Morgan fingerprint density at radius 2 is 2.12 bits per heavy atom. The maximum absolute atomic E-state index is 6.11. The molecule has 1 atom stereocenters. The smallest absolute Gasteiger partial charge is 0.120 e. The van der Waals surface area contributed by atoms with Crippen molar-refractivity contribution in [3.8, 4) is 17.6 Å². The van der Waals surface area contributed by atoms with Crippen LogP contribution in [-0.2, 0) is 0 Å². The zero-order valence-corrected chi connectivity index (χ0v) is 10.9. The second kappa shape index (κ2) is 6.98. The molecular formula is C15H21NO. The van der Waals surface area contributed by atoms with Crippen molar-refractivity contribution in [1.29, 1.82) is 0 Å². The quantitative estimate of drug-likeness (QED) is 0.789. The molecule has 1 aromatic rings. The van der Waals surface area contributed by atoms with E-state index in [1.807, 2.05) is 45.0 Å². The fourth-order valence-electron chi connectivity index (χ4n) is 1.61. The number of nitrogens with two attached hydrogens (primary N) is 1. The molecule has 2 heteroatoms. The molecule has 1 rings (SSSR count). The van der Waals surface area contributed by atoms with Gasteiger partial charge in [-0.2, -0.15) is 0 Å². The first-order chi connectivity index (χ1) is 8.13. The van der Waals surface area contributed by atoms with Gasteiger partial charge in [0.1, 0.15) is 5.75 Å². The number of rotatable bonds is 5. The summed E-state index contributed by atoms with van der Waals surface area (Å²) in [5, 5.41) is 0. The van der Waals surface area contributed by atoms with E-state index in [0.717, 1.165) is 24.2 Å². The van der Waals surface area contributed by atoms with Crippen LogP contribution < -0.4 is 10.5 Å². The summed E-state index contributed by atoms with van der Waals surface area (Å²) >= 11 is 0. The summed E-state index contributed by atoms with van der Waals surface area (Å²) in [5.74, 6) is 6.80. The van der Waals surface area contributed by atoms with Crippen LogP contribution in [0.2, 0.25) is 0 Å². The van der Waals surface area contributed by atoms with Crippen molar-refractivity contribution in [3.63, 3.8) is 0 Å².